The zero-order valence-electron chi connectivity index (χ0n) is 24.0. The van der Waals surface area contributed by atoms with Crippen molar-refractivity contribution in [2.45, 2.75) is 18.9 Å². The fourth-order valence-electron chi connectivity index (χ4n) is 4.96. The van der Waals surface area contributed by atoms with Gasteiger partial charge in [-0.25, -0.2) is 0 Å². The number of ether oxygens (including phenoxy) is 5. The minimum absolute atomic E-state index is 0.0379. The average molecular weight is 569 g/mol. The smallest absolute Gasteiger partial charge is 0.306 e. The molecular weight excluding hydrogens is 532 g/mol. The van der Waals surface area contributed by atoms with Crippen LogP contribution in [0.3, 0.4) is 0 Å². The number of hydrogen-bond donors (Lipinski definition) is 1. The van der Waals surface area contributed by atoms with Crippen molar-refractivity contribution < 1.29 is 38.0 Å². The van der Waals surface area contributed by atoms with E-state index in [1.165, 1.54) is 34.5 Å². The summed E-state index contributed by atoms with van der Waals surface area (Å²) in [7, 11) is 7.35. The maximum Gasteiger partial charge on any atom is 0.306 e. The van der Waals surface area contributed by atoms with E-state index < -0.39 is 23.1 Å². The highest BCUT2D eigenvalue weighted by Crippen LogP contribution is 2.43. The van der Waals surface area contributed by atoms with Gasteiger partial charge in [0.1, 0.15) is 11.5 Å². The van der Waals surface area contributed by atoms with E-state index in [1.807, 2.05) is 24.3 Å². The number of methoxy groups -OCH3 is 5. The van der Waals surface area contributed by atoms with Crippen molar-refractivity contribution in [2.24, 2.45) is 0 Å². The first kappa shape index (κ1) is 29.6. The number of benzene rings is 2. The Kier molecular flexibility index (Phi) is 9.61. The fraction of sp³-hybridized carbons (Fsp3) is 0.400. The predicted molar refractivity (Wildman–Crippen MR) is 152 cm³/mol. The molecule has 0 spiro atoms. The zero-order valence-corrected chi connectivity index (χ0v) is 24.0. The van der Waals surface area contributed by atoms with Gasteiger partial charge in [-0.05, 0) is 42.0 Å². The Labute approximate surface area is 238 Å². The number of rotatable bonds is 11. The van der Waals surface area contributed by atoms with E-state index in [2.05, 4.69) is 9.80 Å². The van der Waals surface area contributed by atoms with E-state index >= 15 is 0 Å². The van der Waals surface area contributed by atoms with E-state index in [-0.39, 0.29) is 12.2 Å². The highest BCUT2D eigenvalue weighted by molar-refractivity contribution is 5.71. The van der Waals surface area contributed by atoms with Crippen molar-refractivity contribution >= 4 is 11.7 Å². The molecule has 0 radical (unpaired) electrons. The maximum absolute atomic E-state index is 12.9. The zero-order chi connectivity index (χ0) is 29.5. The second kappa shape index (κ2) is 13.3. The molecule has 4 rings (SSSR count). The lowest BCUT2D eigenvalue weighted by Gasteiger charge is -2.36. The Morgan fingerprint density at radius 3 is 2.07 bits per heavy atom. The summed E-state index contributed by atoms with van der Waals surface area (Å²) in [5.74, 6) is 0.231. The first-order valence-corrected chi connectivity index (χ1v) is 13.2. The second-order valence-corrected chi connectivity index (χ2v) is 9.54. The molecule has 1 atom stereocenters. The number of nitrogens with zero attached hydrogens (tertiary/aromatic N) is 2. The Morgan fingerprint density at radius 1 is 0.902 bits per heavy atom. The summed E-state index contributed by atoms with van der Waals surface area (Å²) in [5, 5.41) is 10.8. The SMILES string of the molecule is COC(=O)C[C@H](c1cc(OC)c(OC)c(OC)c1)c1oc(CN2CCN(c3ccc(OC)cc3)CC2)cc(=O)c1O. The normalized spacial score (nSPS) is 14.3. The van der Waals surface area contributed by atoms with Gasteiger partial charge >= 0.3 is 5.97 Å². The number of esters is 1. The molecule has 41 heavy (non-hydrogen) atoms. The Morgan fingerprint density at radius 2 is 1.54 bits per heavy atom. The molecule has 1 N–H and O–H groups in total. The molecule has 1 saturated heterocycles. The molecule has 1 aromatic heterocycles. The quantitative estimate of drug-likeness (QED) is 0.343. The van der Waals surface area contributed by atoms with Crippen molar-refractivity contribution in [1.29, 1.82) is 0 Å². The highest BCUT2D eigenvalue weighted by atomic mass is 16.5. The third-order valence-corrected chi connectivity index (χ3v) is 7.19. The van der Waals surface area contributed by atoms with Gasteiger partial charge in [0.15, 0.2) is 17.3 Å². The summed E-state index contributed by atoms with van der Waals surface area (Å²) in [5.41, 5.74) is 1.02. The van der Waals surface area contributed by atoms with Crippen LogP contribution in [0, 0.1) is 0 Å². The molecule has 1 aliphatic heterocycles. The van der Waals surface area contributed by atoms with Crippen LogP contribution in [0.25, 0.3) is 0 Å². The van der Waals surface area contributed by atoms with Crippen molar-refractivity contribution in [2.75, 3.05) is 66.6 Å². The number of hydrogen-bond acceptors (Lipinski definition) is 11. The molecule has 3 aromatic rings. The van der Waals surface area contributed by atoms with Gasteiger partial charge in [-0.15, -0.1) is 0 Å². The van der Waals surface area contributed by atoms with Crippen LogP contribution in [0.1, 0.15) is 29.4 Å². The van der Waals surface area contributed by atoms with Crippen LogP contribution in [0.15, 0.2) is 51.7 Å². The Hall–Kier alpha value is -4.38. The lowest BCUT2D eigenvalue weighted by molar-refractivity contribution is -0.140. The minimum atomic E-state index is -0.865. The van der Waals surface area contributed by atoms with Crippen molar-refractivity contribution in [1.82, 2.24) is 4.90 Å². The lowest BCUT2D eigenvalue weighted by Crippen LogP contribution is -2.46. The monoisotopic (exact) mass is 568 g/mol. The Balaban J connectivity index is 1.61. The van der Waals surface area contributed by atoms with E-state index in [1.54, 1.807) is 19.2 Å². The van der Waals surface area contributed by atoms with Gasteiger partial charge in [-0.1, -0.05) is 0 Å². The van der Waals surface area contributed by atoms with Crippen LogP contribution in [-0.4, -0.2) is 77.7 Å². The molecule has 0 unspecified atom stereocenters. The molecule has 11 heteroatoms. The van der Waals surface area contributed by atoms with Crippen molar-refractivity contribution in [3.8, 4) is 28.7 Å². The van der Waals surface area contributed by atoms with Gasteiger partial charge in [-0.3, -0.25) is 14.5 Å². The molecule has 220 valence electrons. The number of carbonyl (C=O) groups is 1. The fourth-order valence-corrected chi connectivity index (χ4v) is 4.96. The molecule has 2 heterocycles. The lowest BCUT2D eigenvalue weighted by atomic mass is 9.91. The van der Waals surface area contributed by atoms with Crippen LogP contribution < -0.4 is 29.3 Å². The van der Waals surface area contributed by atoms with Gasteiger partial charge in [0.05, 0.1) is 54.4 Å². The largest absolute Gasteiger partial charge is 0.502 e. The number of piperazine rings is 1. The maximum atomic E-state index is 12.9. The molecule has 0 saturated carbocycles. The van der Waals surface area contributed by atoms with Crippen LogP contribution in [0.4, 0.5) is 5.69 Å². The van der Waals surface area contributed by atoms with Gasteiger partial charge in [0.2, 0.25) is 16.9 Å². The molecule has 0 aliphatic carbocycles. The molecule has 1 aliphatic rings. The van der Waals surface area contributed by atoms with E-state index in [9.17, 15) is 14.7 Å². The second-order valence-electron chi connectivity index (χ2n) is 9.54. The molecule has 11 nitrogen and oxygen atoms in total. The highest BCUT2D eigenvalue weighted by Gasteiger charge is 2.29. The molecule has 0 bridgehead atoms. The van der Waals surface area contributed by atoms with E-state index in [0.717, 1.165) is 37.6 Å². The standard InChI is InChI=1S/C30H36N2O9/c1-36-21-8-6-20(7-9-21)32-12-10-31(11-13-32)18-22-16-24(33)28(35)29(41-22)23(17-27(34)39-4)19-14-25(37-2)30(40-5)26(15-19)38-3/h6-9,14-16,23,35H,10-13,17-18H2,1-5H3/t23-/m1/s1. The van der Waals surface area contributed by atoms with Crippen LogP contribution in [0.2, 0.25) is 0 Å². The third kappa shape index (κ3) is 6.68. The molecular formula is C30H36N2O9. The summed E-state index contributed by atoms with van der Waals surface area (Å²) >= 11 is 0. The number of anilines is 1. The summed E-state index contributed by atoms with van der Waals surface area (Å²) in [6.07, 6.45) is -0.199. The van der Waals surface area contributed by atoms with Gasteiger partial charge in [-0.2, -0.15) is 0 Å². The molecule has 1 fully saturated rings. The Bertz CT molecular complexity index is 1370. The third-order valence-electron chi connectivity index (χ3n) is 7.19. The predicted octanol–water partition coefficient (Wildman–Crippen LogP) is 3.40. The molecule has 2 aromatic carbocycles. The summed E-state index contributed by atoms with van der Waals surface area (Å²) in [6, 6.07) is 12.5. The van der Waals surface area contributed by atoms with Gasteiger partial charge in [0.25, 0.3) is 0 Å². The van der Waals surface area contributed by atoms with Crippen LogP contribution in [0.5, 0.6) is 28.7 Å². The van der Waals surface area contributed by atoms with Crippen molar-refractivity contribution in [3.05, 3.63) is 69.8 Å². The van der Waals surface area contributed by atoms with Gasteiger partial charge in [0, 0.05) is 37.9 Å². The number of aromatic hydroxyl groups is 1. The minimum Gasteiger partial charge on any atom is -0.502 e. The molecule has 0 amide bonds. The first-order chi connectivity index (χ1) is 19.8. The van der Waals surface area contributed by atoms with E-state index in [0.29, 0.717) is 35.1 Å². The topological polar surface area (TPSA) is 120 Å². The van der Waals surface area contributed by atoms with Crippen molar-refractivity contribution in [3.63, 3.8) is 0 Å². The average Bonchev–Trinajstić information content (AvgIpc) is 3.01. The van der Waals surface area contributed by atoms with Crippen LogP contribution >= 0.6 is 0 Å². The number of carbonyl (C=O) groups excluding carboxylic acids is 1. The van der Waals surface area contributed by atoms with E-state index in [4.69, 9.17) is 28.1 Å². The first-order valence-electron chi connectivity index (χ1n) is 13.2. The summed E-state index contributed by atoms with van der Waals surface area (Å²) < 4.78 is 32.7. The summed E-state index contributed by atoms with van der Waals surface area (Å²) in [6.45, 7) is 3.42. The van der Waals surface area contributed by atoms with Crippen LogP contribution in [-0.2, 0) is 16.1 Å². The van der Waals surface area contributed by atoms with Gasteiger partial charge < -0.3 is 38.1 Å². The summed E-state index contributed by atoms with van der Waals surface area (Å²) in [4.78, 5) is 29.8.